The summed E-state index contributed by atoms with van der Waals surface area (Å²) in [6.45, 7) is 6.20. The van der Waals surface area contributed by atoms with Crippen molar-refractivity contribution in [2.24, 2.45) is 5.41 Å². The first-order valence-corrected chi connectivity index (χ1v) is 5.03. The van der Waals surface area contributed by atoms with Gasteiger partial charge in [0.15, 0.2) is 0 Å². The maximum absolute atomic E-state index is 11.0. The minimum absolute atomic E-state index is 0.400. The third-order valence-electron chi connectivity index (χ3n) is 2.84. The van der Waals surface area contributed by atoms with Crippen molar-refractivity contribution in [3.8, 4) is 0 Å². The molecule has 0 aromatic carbocycles. The van der Waals surface area contributed by atoms with Crippen LogP contribution in [0.2, 0.25) is 0 Å². The minimum Gasteiger partial charge on any atom is -0.316 e. The van der Waals surface area contributed by atoms with Crippen molar-refractivity contribution in [3.05, 3.63) is 0 Å². The number of carbonyl (C=O) groups excluding carboxylic acids is 1. The van der Waals surface area contributed by atoms with Gasteiger partial charge in [-0.25, -0.2) is 0 Å². The van der Waals surface area contributed by atoms with E-state index in [2.05, 4.69) is 5.32 Å². The maximum Gasteiger partial charge on any atom is 0.133 e. The first-order valence-electron chi connectivity index (χ1n) is 5.03. The average Bonchev–Trinajstić information content (AvgIpc) is 2.68. The molecule has 1 aliphatic heterocycles. The lowest BCUT2D eigenvalue weighted by molar-refractivity contribution is -0.117. The van der Waals surface area contributed by atoms with Gasteiger partial charge in [0.05, 0.1) is 0 Å². The molecule has 2 aliphatic rings. The van der Waals surface area contributed by atoms with Crippen LogP contribution in [0.3, 0.4) is 0 Å². The van der Waals surface area contributed by atoms with Crippen LogP contribution in [-0.2, 0) is 4.79 Å². The minimum atomic E-state index is 0.400. The SMILES string of the molecule is CC.O=C1CCC2(CCNC2)C1. The first kappa shape index (κ1) is 9.72. The lowest BCUT2D eigenvalue weighted by Crippen LogP contribution is -2.20. The molecule has 0 amide bonds. The van der Waals surface area contributed by atoms with Gasteiger partial charge in [-0.05, 0) is 24.8 Å². The second-order valence-corrected chi connectivity index (χ2v) is 3.64. The van der Waals surface area contributed by atoms with Crippen LogP contribution in [0.25, 0.3) is 0 Å². The van der Waals surface area contributed by atoms with E-state index in [0.29, 0.717) is 11.2 Å². The van der Waals surface area contributed by atoms with Crippen molar-refractivity contribution in [3.63, 3.8) is 0 Å². The Hall–Kier alpha value is -0.370. The van der Waals surface area contributed by atoms with E-state index in [0.717, 1.165) is 32.4 Å². The first-order chi connectivity index (χ1) is 5.81. The number of rotatable bonds is 0. The number of ketones is 1. The molecule has 70 valence electrons. The van der Waals surface area contributed by atoms with Gasteiger partial charge in [-0.3, -0.25) is 4.79 Å². The second kappa shape index (κ2) is 4.04. The van der Waals surface area contributed by atoms with Gasteiger partial charge in [-0.1, -0.05) is 13.8 Å². The molecule has 1 unspecified atom stereocenters. The Labute approximate surface area is 74.7 Å². The quantitative estimate of drug-likeness (QED) is 0.598. The molecule has 1 N–H and O–H groups in total. The van der Waals surface area contributed by atoms with Crippen molar-refractivity contribution in [2.75, 3.05) is 13.1 Å². The summed E-state index contributed by atoms with van der Waals surface area (Å²) in [5.74, 6) is 0.476. The van der Waals surface area contributed by atoms with Gasteiger partial charge in [0.1, 0.15) is 5.78 Å². The summed E-state index contributed by atoms with van der Waals surface area (Å²) in [6, 6.07) is 0. The van der Waals surface area contributed by atoms with Gasteiger partial charge in [-0.2, -0.15) is 0 Å². The molecular formula is C10H19NO. The normalized spacial score (nSPS) is 33.7. The Morgan fingerprint density at radius 3 is 2.50 bits per heavy atom. The highest BCUT2D eigenvalue weighted by Gasteiger charge is 2.40. The van der Waals surface area contributed by atoms with E-state index in [9.17, 15) is 4.79 Å². The molecule has 2 fully saturated rings. The Bertz CT molecular complexity index is 159. The summed E-state index contributed by atoms with van der Waals surface area (Å²) in [7, 11) is 0. The van der Waals surface area contributed by atoms with Crippen molar-refractivity contribution in [1.82, 2.24) is 5.32 Å². The van der Waals surface area contributed by atoms with Crippen LogP contribution in [0, 0.1) is 5.41 Å². The summed E-state index contributed by atoms with van der Waals surface area (Å²) in [5, 5.41) is 3.32. The molecule has 0 aromatic heterocycles. The molecular weight excluding hydrogens is 150 g/mol. The van der Waals surface area contributed by atoms with E-state index in [1.807, 2.05) is 13.8 Å². The van der Waals surface area contributed by atoms with Crippen molar-refractivity contribution in [1.29, 1.82) is 0 Å². The Morgan fingerprint density at radius 1 is 1.33 bits per heavy atom. The van der Waals surface area contributed by atoms with E-state index in [-0.39, 0.29) is 0 Å². The summed E-state index contributed by atoms with van der Waals surface area (Å²) in [6.07, 6.45) is 4.04. The lowest BCUT2D eigenvalue weighted by atomic mass is 9.86. The van der Waals surface area contributed by atoms with E-state index in [4.69, 9.17) is 0 Å². The highest BCUT2D eigenvalue weighted by molar-refractivity contribution is 5.81. The largest absolute Gasteiger partial charge is 0.316 e. The number of hydrogen-bond donors (Lipinski definition) is 1. The van der Waals surface area contributed by atoms with Gasteiger partial charge in [-0.15, -0.1) is 0 Å². The topological polar surface area (TPSA) is 29.1 Å². The van der Waals surface area contributed by atoms with Crippen LogP contribution < -0.4 is 5.32 Å². The summed E-state index contributed by atoms with van der Waals surface area (Å²) in [5.41, 5.74) is 0.400. The average molecular weight is 169 g/mol. The molecule has 1 atom stereocenters. The van der Waals surface area contributed by atoms with E-state index in [1.165, 1.54) is 6.42 Å². The van der Waals surface area contributed by atoms with Crippen LogP contribution >= 0.6 is 0 Å². The third-order valence-corrected chi connectivity index (χ3v) is 2.84. The predicted molar refractivity (Wildman–Crippen MR) is 50.1 cm³/mol. The molecule has 0 aromatic rings. The summed E-state index contributed by atoms with van der Waals surface area (Å²) in [4.78, 5) is 11.0. The third kappa shape index (κ3) is 1.86. The number of nitrogens with one attached hydrogen (secondary N) is 1. The van der Waals surface area contributed by atoms with E-state index < -0.39 is 0 Å². The Kier molecular flexibility index (Phi) is 3.27. The van der Waals surface area contributed by atoms with Crippen LogP contribution in [0.1, 0.15) is 39.5 Å². The van der Waals surface area contributed by atoms with Crippen molar-refractivity contribution >= 4 is 5.78 Å². The van der Waals surface area contributed by atoms with Crippen LogP contribution in [0.15, 0.2) is 0 Å². The molecule has 0 radical (unpaired) electrons. The Morgan fingerprint density at radius 2 is 2.08 bits per heavy atom. The fourth-order valence-corrected chi connectivity index (χ4v) is 2.16. The standard InChI is InChI=1S/C8H13NO.C2H6/c10-7-1-2-8(5-7)3-4-9-6-8;1-2/h9H,1-6H2;1-2H3. The lowest BCUT2D eigenvalue weighted by Gasteiger charge is -2.18. The number of Topliss-reactive ketones (excluding diaryl/α,β-unsaturated/α-hetero) is 1. The maximum atomic E-state index is 11.0. The molecule has 0 bridgehead atoms. The molecule has 12 heavy (non-hydrogen) atoms. The zero-order chi connectivity index (χ0) is 9.03. The molecule has 1 saturated heterocycles. The van der Waals surface area contributed by atoms with Gasteiger partial charge < -0.3 is 5.32 Å². The fraction of sp³-hybridized carbons (Fsp3) is 0.900. The van der Waals surface area contributed by atoms with Crippen molar-refractivity contribution in [2.45, 2.75) is 39.5 Å². The number of hydrogen-bond acceptors (Lipinski definition) is 2. The van der Waals surface area contributed by atoms with E-state index in [1.54, 1.807) is 0 Å². The van der Waals surface area contributed by atoms with Crippen molar-refractivity contribution < 1.29 is 4.79 Å². The Balaban J connectivity index is 0.000000336. The van der Waals surface area contributed by atoms with Gasteiger partial charge >= 0.3 is 0 Å². The second-order valence-electron chi connectivity index (χ2n) is 3.64. The monoisotopic (exact) mass is 169 g/mol. The highest BCUT2D eigenvalue weighted by Crippen LogP contribution is 2.40. The highest BCUT2D eigenvalue weighted by atomic mass is 16.1. The molecule has 2 rings (SSSR count). The van der Waals surface area contributed by atoms with Gasteiger partial charge in [0, 0.05) is 19.4 Å². The smallest absolute Gasteiger partial charge is 0.133 e. The van der Waals surface area contributed by atoms with Crippen LogP contribution in [0.4, 0.5) is 0 Å². The predicted octanol–water partition coefficient (Wildman–Crippen LogP) is 1.75. The molecule has 2 heteroatoms. The fourth-order valence-electron chi connectivity index (χ4n) is 2.16. The number of carbonyl (C=O) groups is 1. The zero-order valence-electron chi connectivity index (χ0n) is 8.15. The van der Waals surface area contributed by atoms with Crippen LogP contribution in [0.5, 0.6) is 0 Å². The summed E-state index contributed by atoms with van der Waals surface area (Å²) >= 11 is 0. The molecule has 1 spiro atoms. The molecule has 1 saturated carbocycles. The van der Waals surface area contributed by atoms with Crippen LogP contribution in [-0.4, -0.2) is 18.9 Å². The van der Waals surface area contributed by atoms with Gasteiger partial charge in [0.2, 0.25) is 0 Å². The van der Waals surface area contributed by atoms with Gasteiger partial charge in [0.25, 0.3) is 0 Å². The summed E-state index contributed by atoms with van der Waals surface area (Å²) < 4.78 is 0. The zero-order valence-corrected chi connectivity index (χ0v) is 8.15. The molecule has 2 nitrogen and oxygen atoms in total. The van der Waals surface area contributed by atoms with E-state index >= 15 is 0 Å². The molecule has 1 heterocycles. The molecule has 1 aliphatic carbocycles.